The first kappa shape index (κ1) is 16.8. The average molecular weight is 322 g/mol. The van der Waals surface area contributed by atoms with E-state index in [9.17, 15) is 14.7 Å². The van der Waals surface area contributed by atoms with Crippen LogP contribution in [0.4, 0.5) is 5.69 Å². The van der Waals surface area contributed by atoms with Gasteiger partial charge in [-0.1, -0.05) is 12.1 Å². The molecule has 0 aliphatic rings. The van der Waals surface area contributed by atoms with Crippen molar-refractivity contribution in [3.05, 3.63) is 65.2 Å². The fourth-order valence-corrected chi connectivity index (χ4v) is 1.89. The molecule has 6 nitrogen and oxygen atoms in total. The molecule has 0 bridgehead atoms. The van der Waals surface area contributed by atoms with Gasteiger partial charge in [0, 0.05) is 5.69 Å². The predicted octanol–water partition coefficient (Wildman–Crippen LogP) is 2.72. The molecule has 0 aliphatic heterocycles. The van der Waals surface area contributed by atoms with Crippen molar-refractivity contribution < 1.29 is 19.4 Å². The molecular formula is C18H14N2O4. The summed E-state index contributed by atoms with van der Waals surface area (Å²) in [5.41, 5.74) is 1.33. The minimum Gasteiger partial charge on any atom is -0.508 e. The van der Waals surface area contributed by atoms with Gasteiger partial charge in [0.15, 0.2) is 0 Å². The zero-order valence-corrected chi connectivity index (χ0v) is 12.8. The number of aromatic hydroxyl groups is 1. The maximum absolute atomic E-state index is 12.1. The summed E-state index contributed by atoms with van der Waals surface area (Å²) in [4.78, 5) is 23.5. The minimum atomic E-state index is -0.573. The zero-order valence-electron chi connectivity index (χ0n) is 12.8. The van der Waals surface area contributed by atoms with Crippen LogP contribution in [0.1, 0.15) is 15.9 Å². The number of esters is 1. The molecule has 24 heavy (non-hydrogen) atoms. The lowest BCUT2D eigenvalue weighted by Gasteiger charge is -2.05. The predicted molar refractivity (Wildman–Crippen MR) is 88.1 cm³/mol. The van der Waals surface area contributed by atoms with Crippen molar-refractivity contribution in [2.24, 2.45) is 0 Å². The van der Waals surface area contributed by atoms with Crippen LogP contribution in [0, 0.1) is 11.3 Å². The Kier molecular flexibility index (Phi) is 5.32. The highest BCUT2D eigenvalue weighted by Gasteiger charge is 2.10. The molecule has 0 aliphatic carbocycles. The Morgan fingerprint density at radius 2 is 1.75 bits per heavy atom. The number of rotatable bonds is 4. The van der Waals surface area contributed by atoms with E-state index in [1.165, 1.54) is 37.5 Å². The van der Waals surface area contributed by atoms with E-state index in [4.69, 9.17) is 5.26 Å². The quantitative estimate of drug-likeness (QED) is 0.512. The Morgan fingerprint density at radius 1 is 1.12 bits per heavy atom. The molecule has 0 fully saturated rings. The van der Waals surface area contributed by atoms with Gasteiger partial charge in [0.05, 0.1) is 12.7 Å². The number of ether oxygens (including phenoxy) is 1. The molecule has 0 unspecified atom stereocenters. The lowest BCUT2D eigenvalue weighted by atomic mass is 10.1. The fraction of sp³-hybridized carbons (Fsp3) is 0.0556. The molecule has 2 aromatic rings. The molecule has 120 valence electrons. The van der Waals surface area contributed by atoms with E-state index in [2.05, 4.69) is 10.1 Å². The number of nitriles is 1. The number of methoxy groups -OCH3 is 1. The monoisotopic (exact) mass is 322 g/mol. The number of anilines is 1. The van der Waals surface area contributed by atoms with Gasteiger partial charge in [-0.3, -0.25) is 4.79 Å². The summed E-state index contributed by atoms with van der Waals surface area (Å²) in [7, 11) is 1.28. The third kappa shape index (κ3) is 4.21. The number of amides is 1. The molecular weight excluding hydrogens is 308 g/mol. The number of nitrogens with zero attached hydrogens (tertiary/aromatic N) is 1. The largest absolute Gasteiger partial charge is 0.508 e. The molecule has 0 radical (unpaired) electrons. The second kappa shape index (κ2) is 7.61. The summed E-state index contributed by atoms with van der Waals surface area (Å²) >= 11 is 0. The van der Waals surface area contributed by atoms with Gasteiger partial charge in [-0.15, -0.1) is 0 Å². The number of hydrogen-bond acceptors (Lipinski definition) is 5. The van der Waals surface area contributed by atoms with Crippen molar-refractivity contribution in [2.75, 3.05) is 12.4 Å². The first-order valence-corrected chi connectivity index (χ1v) is 6.94. The third-order valence-corrected chi connectivity index (χ3v) is 3.13. The molecule has 2 rings (SSSR count). The molecule has 0 atom stereocenters. The third-order valence-electron chi connectivity index (χ3n) is 3.13. The van der Waals surface area contributed by atoms with E-state index in [-0.39, 0.29) is 11.3 Å². The first-order valence-electron chi connectivity index (χ1n) is 6.94. The van der Waals surface area contributed by atoms with Crippen LogP contribution < -0.4 is 5.32 Å². The molecule has 2 aromatic carbocycles. The van der Waals surface area contributed by atoms with E-state index in [0.717, 1.165) is 0 Å². The van der Waals surface area contributed by atoms with E-state index >= 15 is 0 Å². The summed E-state index contributed by atoms with van der Waals surface area (Å²) in [6.45, 7) is 0. The molecule has 0 saturated carbocycles. The van der Waals surface area contributed by atoms with Gasteiger partial charge < -0.3 is 15.2 Å². The van der Waals surface area contributed by atoms with Gasteiger partial charge in [-0.25, -0.2) is 4.79 Å². The normalized spacial score (nSPS) is 10.6. The Labute approximate surface area is 138 Å². The van der Waals surface area contributed by atoms with Crippen molar-refractivity contribution in [3.8, 4) is 11.8 Å². The topological polar surface area (TPSA) is 99.4 Å². The van der Waals surface area contributed by atoms with Crippen LogP contribution >= 0.6 is 0 Å². The van der Waals surface area contributed by atoms with E-state index in [1.54, 1.807) is 24.3 Å². The van der Waals surface area contributed by atoms with Crippen LogP contribution in [0.25, 0.3) is 6.08 Å². The SMILES string of the molecule is COC(=O)c1ccc(NC(=O)/C(C#N)=C/c2ccc(O)cc2)cc1. The van der Waals surface area contributed by atoms with Crippen molar-refractivity contribution in [3.63, 3.8) is 0 Å². The molecule has 2 N–H and O–H groups in total. The second-order valence-corrected chi connectivity index (χ2v) is 4.78. The van der Waals surface area contributed by atoms with Gasteiger partial charge in [0.25, 0.3) is 5.91 Å². The van der Waals surface area contributed by atoms with Gasteiger partial charge in [-0.2, -0.15) is 5.26 Å². The maximum Gasteiger partial charge on any atom is 0.337 e. The molecule has 0 saturated heterocycles. The summed E-state index contributed by atoms with van der Waals surface area (Å²) in [5, 5.41) is 21.0. The number of hydrogen-bond donors (Lipinski definition) is 2. The Balaban J connectivity index is 2.13. The van der Waals surface area contributed by atoms with Crippen molar-refractivity contribution in [1.82, 2.24) is 0 Å². The maximum atomic E-state index is 12.1. The van der Waals surface area contributed by atoms with Crippen LogP contribution in [-0.2, 0) is 9.53 Å². The summed E-state index contributed by atoms with van der Waals surface area (Å²) in [6.07, 6.45) is 1.41. The van der Waals surface area contributed by atoms with Crippen molar-refractivity contribution in [2.45, 2.75) is 0 Å². The molecule has 6 heteroatoms. The Morgan fingerprint density at radius 3 is 2.29 bits per heavy atom. The molecule has 1 amide bonds. The van der Waals surface area contributed by atoms with Crippen LogP contribution in [-0.4, -0.2) is 24.1 Å². The van der Waals surface area contributed by atoms with E-state index < -0.39 is 11.9 Å². The summed E-state index contributed by atoms with van der Waals surface area (Å²) < 4.78 is 4.59. The highest BCUT2D eigenvalue weighted by atomic mass is 16.5. The van der Waals surface area contributed by atoms with E-state index in [0.29, 0.717) is 16.8 Å². The second-order valence-electron chi connectivity index (χ2n) is 4.78. The highest BCUT2D eigenvalue weighted by Crippen LogP contribution is 2.15. The van der Waals surface area contributed by atoms with Crippen LogP contribution in [0.15, 0.2) is 54.1 Å². The minimum absolute atomic E-state index is 0.0854. The molecule has 0 heterocycles. The number of carbonyl (C=O) groups excluding carboxylic acids is 2. The molecule has 0 aromatic heterocycles. The number of phenols is 1. The van der Waals surface area contributed by atoms with Gasteiger partial charge in [-0.05, 0) is 48.0 Å². The van der Waals surface area contributed by atoms with Crippen LogP contribution in [0.2, 0.25) is 0 Å². The lowest BCUT2D eigenvalue weighted by Crippen LogP contribution is -2.13. The zero-order chi connectivity index (χ0) is 17.5. The van der Waals surface area contributed by atoms with Crippen LogP contribution in [0.3, 0.4) is 0 Å². The summed E-state index contributed by atoms with van der Waals surface area (Å²) in [5.74, 6) is -0.949. The van der Waals surface area contributed by atoms with Crippen molar-refractivity contribution in [1.29, 1.82) is 5.26 Å². The number of carbonyl (C=O) groups is 2. The number of benzene rings is 2. The number of nitrogens with one attached hydrogen (secondary N) is 1. The van der Waals surface area contributed by atoms with Gasteiger partial charge in [0.1, 0.15) is 17.4 Å². The van der Waals surface area contributed by atoms with Gasteiger partial charge >= 0.3 is 5.97 Å². The van der Waals surface area contributed by atoms with Crippen LogP contribution in [0.5, 0.6) is 5.75 Å². The standard InChI is InChI=1S/C18H14N2O4/c1-24-18(23)13-4-6-15(7-5-13)20-17(22)14(11-19)10-12-2-8-16(21)9-3-12/h2-10,21H,1H3,(H,20,22)/b14-10+. The number of phenolic OH excluding ortho intramolecular Hbond substituents is 1. The fourth-order valence-electron chi connectivity index (χ4n) is 1.89. The highest BCUT2D eigenvalue weighted by molar-refractivity contribution is 6.09. The Hall–Kier alpha value is -3.59. The van der Waals surface area contributed by atoms with E-state index in [1.807, 2.05) is 6.07 Å². The Bertz CT molecular complexity index is 816. The van der Waals surface area contributed by atoms with Gasteiger partial charge in [0.2, 0.25) is 0 Å². The van der Waals surface area contributed by atoms with Crippen molar-refractivity contribution >= 4 is 23.6 Å². The first-order chi connectivity index (χ1) is 11.5. The lowest BCUT2D eigenvalue weighted by molar-refractivity contribution is -0.112. The molecule has 0 spiro atoms. The smallest absolute Gasteiger partial charge is 0.337 e. The summed E-state index contributed by atoms with van der Waals surface area (Å²) in [6, 6.07) is 14.0. The average Bonchev–Trinajstić information content (AvgIpc) is 2.61.